The maximum absolute atomic E-state index is 12.7. The number of carbonyl (C=O) groups excluding carboxylic acids is 1. The van der Waals surface area contributed by atoms with Crippen LogP contribution >= 0.6 is 0 Å². The summed E-state index contributed by atoms with van der Waals surface area (Å²) in [6, 6.07) is 7.22. The van der Waals surface area contributed by atoms with Gasteiger partial charge in [0.15, 0.2) is 24.1 Å². The molecule has 0 unspecified atom stereocenters. The van der Waals surface area contributed by atoms with Crippen LogP contribution in [0.15, 0.2) is 53.5 Å². The number of benzene rings is 1. The number of hydrogen-bond acceptors (Lipinski definition) is 8. The van der Waals surface area contributed by atoms with Gasteiger partial charge in [-0.2, -0.15) is 0 Å². The summed E-state index contributed by atoms with van der Waals surface area (Å²) in [5.74, 6) is 2.37. The van der Waals surface area contributed by atoms with Gasteiger partial charge in [0.05, 0.1) is 19.3 Å². The quantitative estimate of drug-likeness (QED) is 0.467. The minimum Gasteiger partial charge on any atom is -0.491 e. The van der Waals surface area contributed by atoms with E-state index in [4.69, 9.17) is 14.2 Å². The van der Waals surface area contributed by atoms with Crippen LogP contribution in [0, 0.1) is 0 Å². The van der Waals surface area contributed by atoms with Crippen molar-refractivity contribution in [3.8, 4) is 11.5 Å². The van der Waals surface area contributed by atoms with Crippen LogP contribution in [0.1, 0.15) is 15.9 Å². The number of amidine groups is 1. The molecule has 3 heterocycles. The number of rotatable bonds is 6. The van der Waals surface area contributed by atoms with Gasteiger partial charge in [0.1, 0.15) is 11.7 Å². The number of aromatic nitrogens is 1. The monoisotopic (exact) mass is 380 g/mol. The van der Waals surface area contributed by atoms with Crippen LogP contribution in [0.4, 0.5) is 5.69 Å². The van der Waals surface area contributed by atoms with Crippen LogP contribution in [-0.2, 0) is 4.74 Å². The van der Waals surface area contributed by atoms with Gasteiger partial charge < -0.3 is 24.4 Å². The number of ether oxygens (including phenoxy) is 3. The predicted octanol–water partition coefficient (Wildman–Crippen LogP) is 2.28. The SMILES string of the molecule is COCOc1ccc2c(c1OC)N/C(=C\C(=O)c1cccnc1)N1CCN=C21. The molecule has 2 aliphatic rings. The second-order valence-electron chi connectivity index (χ2n) is 6.19. The smallest absolute Gasteiger partial charge is 0.191 e. The number of nitrogens with one attached hydrogen (secondary N) is 1. The van der Waals surface area contributed by atoms with Crippen LogP contribution in [0.3, 0.4) is 0 Å². The van der Waals surface area contributed by atoms with Gasteiger partial charge in [0.2, 0.25) is 0 Å². The zero-order chi connectivity index (χ0) is 19.5. The van der Waals surface area contributed by atoms with Crippen molar-refractivity contribution in [1.82, 2.24) is 9.88 Å². The lowest BCUT2D eigenvalue weighted by Gasteiger charge is -2.32. The molecule has 0 saturated carbocycles. The third-order valence-electron chi connectivity index (χ3n) is 4.50. The first-order valence-corrected chi connectivity index (χ1v) is 8.81. The normalized spacial score (nSPS) is 16.1. The number of pyridine rings is 1. The summed E-state index contributed by atoms with van der Waals surface area (Å²) in [5, 5.41) is 3.32. The second-order valence-corrected chi connectivity index (χ2v) is 6.19. The van der Waals surface area contributed by atoms with Gasteiger partial charge in [-0.3, -0.25) is 14.8 Å². The molecule has 0 amide bonds. The van der Waals surface area contributed by atoms with Crippen molar-refractivity contribution in [3.05, 3.63) is 59.7 Å². The van der Waals surface area contributed by atoms with E-state index >= 15 is 0 Å². The molecule has 0 bridgehead atoms. The summed E-state index contributed by atoms with van der Waals surface area (Å²) < 4.78 is 16.2. The molecule has 1 aromatic carbocycles. The molecule has 144 valence electrons. The number of hydrogen-bond donors (Lipinski definition) is 1. The number of aliphatic imine (C=N–C) groups is 1. The number of nitrogens with zero attached hydrogens (tertiary/aromatic N) is 3. The van der Waals surface area contributed by atoms with Crippen molar-refractivity contribution in [2.45, 2.75) is 0 Å². The number of ketones is 1. The molecule has 2 aromatic rings. The zero-order valence-electron chi connectivity index (χ0n) is 15.6. The average molecular weight is 380 g/mol. The van der Waals surface area contributed by atoms with Crippen molar-refractivity contribution in [3.63, 3.8) is 0 Å². The van der Waals surface area contributed by atoms with Crippen molar-refractivity contribution >= 4 is 17.3 Å². The Morgan fingerprint density at radius 2 is 2.21 bits per heavy atom. The molecular formula is C20H20N4O4. The van der Waals surface area contributed by atoms with E-state index < -0.39 is 0 Å². The molecule has 28 heavy (non-hydrogen) atoms. The summed E-state index contributed by atoms with van der Waals surface area (Å²) in [6.45, 7) is 1.45. The first kappa shape index (κ1) is 18.0. The van der Waals surface area contributed by atoms with Crippen LogP contribution in [-0.4, -0.2) is 55.6 Å². The molecule has 0 aliphatic carbocycles. The minimum atomic E-state index is -0.143. The lowest BCUT2D eigenvalue weighted by molar-refractivity contribution is 0.0492. The molecule has 4 rings (SSSR count). The second kappa shape index (κ2) is 7.69. The van der Waals surface area contributed by atoms with Gasteiger partial charge in [-0.1, -0.05) is 0 Å². The van der Waals surface area contributed by atoms with Gasteiger partial charge in [-0.05, 0) is 24.3 Å². The standard InChI is InChI=1S/C20H20N4O4/c1-26-12-28-16-6-5-14-18(19(16)27-2)23-17(24-9-8-22-20(14)24)10-15(25)13-4-3-7-21-11-13/h3-7,10-11,23H,8-9,12H2,1-2H3/b17-10+. The molecule has 0 fully saturated rings. The Hall–Kier alpha value is -3.39. The highest BCUT2D eigenvalue weighted by atomic mass is 16.7. The van der Waals surface area contributed by atoms with Gasteiger partial charge in [-0.25, -0.2) is 0 Å². The molecule has 8 heteroatoms. The molecule has 0 saturated heterocycles. The largest absolute Gasteiger partial charge is 0.491 e. The molecule has 0 radical (unpaired) electrons. The van der Waals surface area contributed by atoms with E-state index in [0.717, 1.165) is 11.4 Å². The van der Waals surface area contributed by atoms with Gasteiger partial charge >= 0.3 is 0 Å². The first-order chi connectivity index (χ1) is 13.7. The number of allylic oxidation sites excluding steroid dienone is 1. The number of carbonyl (C=O) groups is 1. The Morgan fingerprint density at radius 1 is 1.32 bits per heavy atom. The molecule has 2 aliphatic heterocycles. The molecular weight excluding hydrogens is 360 g/mol. The van der Waals surface area contributed by atoms with Crippen molar-refractivity contribution in [2.24, 2.45) is 4.99 Å². The van der Waals surface area contributed by atoms with E-state index in [1.54, 1.807) is 44.8 Å². The summed E-state index contributed by atoms with van der Waals surface area (Å²) in [4.78, 5) is 23.3. The summed E-state index contributed by atoms with van der Waals surface area (Å²) in [7, 11) is 3.13. The van der Waals surface area contributed by atoms with E-state index in [0.29, 0.717) is 41.7 Å². The fourth-order valence-corrected chi connectivity index (χ4v) is 3.25. The molecule has 0 atom stereocenters. The number of fused-ring (bicyclic) bond motifs is 3. The molecule has 8 nitrogen and oxygen atoms in total. The van der Waals surface area contributed by atoms with Gasteiger partial charge in [0.25, 0.3) is 0 Å². The van der Waals surface area contributed by atoms with E-state index in [1.165, 1.54) is 0 Å². The van der Waals surface area contributed by atoms with Crippen molar-refractivity contribution in [2.75, 3.05) is 39.4 Å². The van der Waals surface area contributed by atoms with Crippen LogP contribution in [0.5, 0.6) is 11.5 Å². The zero-order valence-corrected chi connectivity index (χ0v) is 15.6. The van der Waals surface area contributed by atoms with E-state index in [1.807, 2.05) is 17.0 Å². The summed E-state index contributed by atoms with van der Waals surface area (Å²) in [6.07, 6.45) is 4.74. The first-order valence-electron chi connectivity index (χ1n) is 8.81. The fraction of sp³-hybridized carbons (Fsp3) is 0.250. The number of anilines is 1. The highest BCUT2D eigenvalue weighted by Gasteiger charge is 2.33. The Balaban J connectivity index is 1.75. The van der Waals surface area contributed by atoms with Gasteiger partial charge in [0, 0.05) is 43.3 Å². The molecule has 0 spiro atoms. The lowest BCUT2D eigenvalue weighted by atomic mass is 10.1. The third kappa shape index (κ3) is 3.18. The maximum atomic E-state index is 12.7. The molecule has 1 aromatic heterocycles. The average Bonchev–Trinajstić information content (AvgIpc) is 3.23. The molecule has 1 N–H and O–H groups in total. The Kier molecular flexibility index (Phi) is 4.94. The Bertz CT molecular complexity index is 956. The van der Waals surface area contributed by atoms with E-state index in [2.05, 4.69) is 15.3 Å². The van der Waals surface area contributed by atoms with Crippen molar-refractivity contribution in [1.29, 1.82) is 0 Å². The van der Waals surface area contributed by atoms with E-state index in [-0.39, 0.29) is 12.6 Å². The maximum Gasteiger partial charge on any atom is 0.191 e. The summed E-state index contributed by atoms with van der Waals surface area (Å²) >= 11 is 0. The minimum absolute atomic E-state index is 0.102. The highest BCUT2D eigenvalue weighted by Crippen LogP contribution is 2.42. The van der Waals surface area contributed by atoms with Crippen molar-refractivity contribution < 1.29 is 19.0 Å². The fourth-order valence-electron chi connectivity index (χ4n) is 3.25. The van der Waals surface area contributed by atoms with Crippen LogP contribution in [0.2, 0.25) is 0 Å². The Labute approximate surface area is 162 Å². The summed E-state index contributed by atoms with van der Waals surface area (Å²) in [5.41, 5.74) is 2.12. The van der Waals surface area contributed by atoms with E-state index in [9.17, 15) is 4.79 Å². The topological polar surface area (TPSA) is 85.3 Å². The third-order valence-corrected chi connectivity index (χ3v) is 4.50. The number of methoxy groups -OCH3 is 2. The van der Waals surface area contributed by atoms with Gasteiger partial charge in [-0.15, -0.1) is 0 Å². The van der Waals surface area contributed by atoms with Crippen LogP contribution < -0.4 is 14.8 Å². The van der Waals surface area contributed by atoms with Crippen LogP contribution in [0.25, 0.3) is 0 Å². The Morgan fingerprint density at radius 3 is 2.96 bits per heavy atom. The predicted molar refractivity (Wildman–Crippen MR) is 104 cm³/mol. The lowest BCUT2D eigenvalue weighted by Crippen LogP contribution is -2.36. The highest BCUT2D eigenvalue weighted by molar-refractivity contribution is 6.11.